The predicted molar refractivity (Wildman–Crippen MR) is 79.8 cm³/mol. The second-order valence-corrected chi connectivity index (χ2v) is 7.43. The molecule has 3 atom stereocenters. The normalized spacial score (nSPS) is 39.8. The number of ether oxygens (including phenoxy) is 2. The van der Waals surface area contributed by atoms with Crippen LogP contribution in [0.3, 0.4) is 0 Å². The Kier molecular flexibility index (Phi) is 5.07. The van der Waals surface area contributed by atoms with Crippen LogP contribution in [0.25, 0.3) is 0 Å². The van der Waals surface area contributed by atoms with Gasteiger partial charge in [0, 0.05) is 25.4 Å². The summed E-state index contributed by atoms with van der Waals surface area (Å²) in [5.74, 6) is 3.28. The molecule has 0 saturated carbocycles. The van der Waals surface area contributed by atoms with E-state index < -0.39 is 0 Å². The SMILES string of the molecule is C1CNCC(CCOC2CCOC3(CCSC3)C2)C1. The lowest BCUT2D eigenvalue weighted by atomic mass is 9.91. The van der Waals surface area contributed by atoms with Gasteiger partial charge in [-0.05, 0) is 56.9 Å². The average molecular weight is 285 g/mol. The quantitative estimate of drug-likeness (QED) is 0.859. The summed E-state index contributed by atoms with van der Waals surface area (Å²) in [6.45, 7) is 4.24. The standard InChI is InChI=1S/C15H27NO2S/c1-2-13(11-16-6-1)3-7-17-14-4-8-18-15(10-14)5-9-19-12-15/h13-14,16H,1-12H2. The van der Waals surface area contributed by atoms with Crippen molar-refractivity contribution in [3.8, 4) is 0 Å². The molecular formula is C15H27NO2S. The maximum absolute atomic E-state index is 6.16. The van der Waals surface area contributed by atoms with Crippen molar-refractivity contribution in [3.63, 3.8) is 0 Å². The third kappa shape index (κ3) is 3.87. The molecule has 19 heavy (non-hydrogen) atoms. The third-order valence-electron chi connectivity index (χ3n) is 4.79. The summed E-state index contributed by atoms with van der Waals surface area (Å²) < 4.78 is 12.2. The maximum Gasteiger partial charge on any atom is 0.0805 e. The first-order valence-corrected chi connectivity index (χ1v) is 9.06. The van der Waals surface area contributed by atoms with Crippen molar-refractivity contribution >= 4 is 11.8 Å². The Bertz CT molecular complexity index is 275. The van der Waals surface area contributed by atoms with E-state index in [9.17, 15) is 0 Å². The molecule has 1 N–H and O–H groups in total. The van der Waals surface area contributed by atoms with Gasteiger partial charge in [0.2, 0.25) is 0 Å². The Morgan fingerprint density at radius 3 is 3.16 bits per heavy atom. The Hall–Kier alpha value is 0.230. The van der Waals surface area contributed by atoms with Crippen LogP contribution in [-0.4, -0.2) is 49.5 Å². The van der Waals surface area contributed by atoms with Gasteiger partial charge >= 0.3 is 0 Å². The monoisotopic (exact) mass is 285 g/mol. The minimum Gasteiger partial charge on any atom is -0.378 e. The summed E-state index contributed by atoms with van der Waals surface area (Å²) in [6.07, 6.45) is 7.84. The highest BCUT2D eigenvalue weighted by Crippen LogP contribution is 2.39. The minimum absolute atomic E-state index is 0.167. The van der Waals surface area contributed by atoms with Crippen molar-refractivity contribution in [2.45, 2.75) is 50.2 Å². The number of hydrogen-bond donors (Lipinski definition) is 1. The molecule has 0 aromatic heterocycles. The summed E-state index contributed by atoms with van der Waals surface area (Å²) in [5, 5.41) is 3.48. The molecule has 3 aliphatic heterocycles. The predicted octanol–water partition coefficient (Wildman–Crippen LogP) is 2.45. The highest BCUT2D eigenvalue weighted by Gasteiger charge is 2.40. The lowest BCUT2D eigenvalue weighted by Gasteiger charge is -2.37. The van der Waals surface area contributed by atoms with Crippen LogP contribution in [-0.2, 0) is 9.47 Å². The lowest BCUT2D eigenvalue weighted by Crippen LogP contribution is -2.43. The highest BCUT2D eigenvalue weighted by atomic mass is 32.2. The summed E-state index contributed by atoms with van der Waals surface area (Å²) >= 11 is 2.04. The summed E-state index contributed by atoms with van der Waals surface area (Å²) in [7, 11) is 0. The van der Waals surface area contributed by atoms with Crippen molar-refractivity contribution < 1.29 is 9.47 Å². The van der Waals surface area contributed by atoms with Gasteiger partial charge in [0.25, 0.3) is 0 Å². The topological polar surface area (TPSA) is 30.5 Å². The van der Waals surface area contributed by atoms with Crippen molar-refractivity contribution in [2.75, 3.05) is 37.8 Å². The van der Waals surface area contributed by atoms with Gasteiger partial charge in [-0.2, -0.15) is 11.8 Å². The summed E-state index contributed by atoms with van der Waals surface area (Å²) in [5.41, 5.74) is 0.167. The zero-order valence-corrected chi connectivity index (χ0v) is 12.7. The van der Waals surface area contributed by atoms with Crippen LogP contribution in [0, 0.1) is 5.92 Å². The van der Waals surface area contributed by atoms with Gasteiger partial charge in [0.1, 0.15) is 0 Å². The van der Waals surface area contributed by atoms with Crippen LogP contribution < -0.4 is 5.32 Å². The molecule has 3 nitrogen and oxygen atoms in total. The van der Waals surface area contributed by atoms with Crippen LogP contribution in [0.2, 0.25) is 0 Å². The first kappa shape index (κ1) is 14.2. The molecule has 0 amide bonds. The molecule has 3 heterocycles. The van der Waals surface area contributed by atoms with Crippen LogP contribution in [0.15, 0.2) is 0 Å². The number of nitrogens with one attached hydrogen (secondary N) is 1. The number of hydrogen-bond acceptors (Lipinski definition) is 4. The van der Waals surface area contributed by atoms with E-state index >= 15 is 0 Å². The van der Waals surface area contributed by atoms with E-state index in [-0.39, 0.29) is 5.60 Å². The molecular weight excluding hydrogens is 258 g/mol. The van der Waals surface area contributed by atoms with E-state index in [2.05, 4.69) is 5.32 Å². The smallest absolute Gasteiger partial charge is 0.0805 e. The van der Waals surface area contributed by atoms with Gasteiger partial charge in [-0.15, -0.1) is 0 Å². The molecule has 0 bridgehead atoms. The Labute approximate surface area is 121 Å². The van der Waals surface area contributed by atoms with Gasteiger partial charge in [-0.25, -0.2) is 0 Å². The molecule has 3 rings (SSSR count). The first-order valence-electron chi connectivity index (χ1n) is 7.90. The van der Waals surface area contributed by atoms with Crippen molar-refractivity contribution in [1.29, 1.82) is 0 Å². The molecule has 3 unspecified atom stereocenters. The molecule has 0 aliphatic carbocycles. The van der Waals surface area contributed by atoms with E-state index in [4.69, 9.17) is 9.47 Å². The van der Waals surface area contributed by atoms with Crippen LogP contribution >= 0.6 is 11.8 Å². The zero-order chi connectivity index (χ0) is 13.0. The van der Waals surface area contributed by atoms with Crippen molar-refractivity contribution in [1.82, 2.24) is 5.32 Å². The molecule has 1 spiro atoms. The van der Waals surface area contributed by atoms with Crippen molar-refractivity contribution in [3.05, 3.63) is 0 Å². The zero-order valence-electron chi connectivity index (χ0n) is 11.9. The fourth-order valence-corrected chi connectivity index (χ4v) is 4.94. The Morgan fingerprint density at radius 1 is 1.37 bits per heavy atom. The summed E-state index contributed by atoms with van der Waals surface area (Å²) in [6, 6.07) is 0. The van der Waals surface area contributed by atoms with Gasteiger partial charge in [0.05, 0.1) is 11.7 Å². The molecule has 0 aromatic carbocycles. The molecule has 3 fully saturated rings. The van der Waals surface area contributed by atoms with E-state index in [1.807, 2.05) is 11.8 Å². The second-order valence-electron chi connectivity index (χ2n) is 6.32. The second kappa shape index (κ2) is 6.79. The van der Waals surface area contributed by atoms with Crippen LogP contribution in [0.5, 0.6) is 0 Å². The van der Waals surface area contributed by atoms with Crippen LogP contribution in [0.4, 0.5) is 0 Å². The molecule has 110 valence electrons. The van der Waals surface area contributed by atoms with Crippen LogP contribution in [0.1, 0.15) is 38.5 Å². The number of rotatable bonds is 4. The molecule has 0 radical (unpaired) electrons. The Balaban J connectivity index is 1.37. The van der Waals surface area contributed by atoms with Gasteiger partial charge < -0.3 is 14.8 Å². The molecule has 0 aromatic rings. The Morgan fingerprint density at radius 2 is 2.37 bits per heavy atom. The molecule has 4 heteroatoms. The van der Waals surface area contributed by atoms with E-state index in [0.717, 1.165) is 32.0 Å². The maximum atomic E-state index is 6.16. The van der Waals surface area contributed by atoms with Gasteiger partial charge in [-0.3, -0.25) is 0 Å². The molecule has 3 saturated heterocycles. The summed E-state index contributed by atoms with van der Waals surface area (Å²) in [4.78, 5) is 0. The van der Waals surface area contributed by atoms with E-state index in [1.54, 1.807) is 0 Å². The highest BCUT2D eigenvalue weighted by molar-refractivity contribution is 7.99. The van der Waals surface area contributed by atoms with E-state index in [1.165, 1.54) is 50.3 Å². The fraction of sp³-hybridized carbons (Fsp3) is 1.00. The van der Waals surface area contributed by atoms with Crippen molar-refractivity contribution in [2.24, 2.45) is 5.92 Å². The largest absolute Gasteiger partial charge is 0.378 e. The fourth-order valence-electron chi connectivity index (χ4n) is 3.56. The average Bonchev–Trinajstić information content (AvgIpc) is 2.88. The van der Waals surface area contributed by atoms with E-state index in [0.29, 0.717) is 6.10 Å². The number of thioether (sulfide) groups is 1. The third-order valence-corrected chi connectivity index (χ3v) is 6.02. The minimum atomic E-state index is 0.167. The molecule has 3 aliphatic rings. The number of piperidine rings is 1. The van der Waals surface area contributed by atoms with Gasteiger partial charge in [0.15, 0.2) is 0 Å². The van der Waals surface area contributed by atoms with Gasteiger partial charge in [-0.1, -0.05) is 0 Å². The first-order chi connectivity index (χ1) is 9.36. The lowest BCUT2D eigenvalue weighted by molar-refractivity contribution is -0.121.